The molecule has 120 valence electrons. The van der Waals surface area contributed by atoms with Crippen LogP contribution in [0.4, 0.5) is 5.69 Å². The van der Waals surface area contributed by atoms with Crippen LogP contribution in [-0.4, -0.2) is 26.0 Å². The smallest absolute Gasteiger partial charge is 0.335 e. The molecular weight excluding hydrogens is 314 g/mol. The Labute approximate surface area is 134 Å². The summed E-state index contributed by atoms with van der Waals surface area (Å²) in [5, 5.41) is 20.2. The molecule has 0 radical (unpaired) electrons. The van der Waals surface area contributed by atoms with E-state index in [1.807, 2.05) is 0 Å². The van der Waals surface area contributed by atoms with Crippen LogP contribution in [0.15, 0.2) is 41.2 Å². The van der Waals surface area contributed by atoms with Crippen LogP contribution in [0, 0.1) is 17.0 Å². The SMILES string of the molecule is Cc1ccc([N+](=O)[O-])cc1-c1nc2cc(C(=O)O)ccc2c(=O)[nH]1. The second-order valence-electron chi connectivity index (χ2n) is 5.21. The summed E-state index contributed by atoms with van der Waals surface area (Å²) >= 11 is 0. The van der Waals surface area contributed by atoms with Gasteiger partial charge in [-0.3, -0.25) is 14.9 Å². The second-order valence-corrected chi connectivity index (χ2v) is 5.21. The Morgan fingerprint density at radius 3 is 2.67 bits per heavy atom. The van der Waals surface area contributed by atoms with Gasteiger partial charge in [0.1, 0.15) is 5.82 Å². The molecule has 24 heavy (non-hydrogen) atoms. The van der Waals surface area contributed by atoms with Gasteiger partial charge in [-0.2, -0.15) is 0 Å². The van der Waals surface area contributed by atoms with E-state index in [0.29, 0.717) is 11.1 Å². The third-order valence-corrected chi connectivity index (χ3v) is 3.64. The van der Waals surface area contributed by atoms with Crippen molar-refractivity contribution < 1.29 is 14.8 Å². The summed E-state index contributed by atoms with van der Waals surface area (Å²) in [4.78, 5) is 40.5. The predicted molar refractivity (Wildman–Crippen MR) is 86.2 cm³/mol. The minimum atomic E-state index is -1.13. The van der Waals surface area contributed by atoms with Crippen molar-refractivity contribution in [3.05, 3.63) is 68.0 Å². The van der Waals surface area contributed by atoms with Gasteiger partial charge in [0, 0.05) is 17.7 Å². The molecule has 0 aliphatic rings. The number of nitro groups is 1. The first-order valence-corrected chi connectivity index (χ1v) is 6.89. The zero-order valence-corrected chi connectivity index (χ0v) is 12.4. The Balaban J connectivity index is 2.27. The van der Waals surface area contributed by atoms with Crippen molar-refractivity contribution in [1.82, 2.24) is 9.97 Å². The number of carboxylic acid groups (broad SMARTS) is 1. The highest BCUT2D eigenvalue weighted by molar-refractivity contribution is 5.93. The molecule has 0 aliphatic carbocycles. The Morgan fingerprint density at radius 1 is 1.25 bits per heavy atom. The predicted octanol–water partition coefficient (Wildman–Crippen LogP) is 2.50. The van der Waals surface area contributed by atoms with E-state index in [4.69, 9.17) is 5.11 Å². The van der Waals surface area contributed by atoms with Crippen LogP contribution in [0.5, 0.6) is 0 Å². The average molecular weight is 325 g/mol. The number of fused-ring (bicyclic) bond motifs is 1. The number of H-pyrrole nitrogens is 1. The highest BCUT2D eigenvalue weighted by Crippen LogP contribution is 2.25. The van der Waals surface area contributed by atoms with Crippen LogP contribution >= 0.6 is 0 Å². The molecule has 8 heteroatoms. The van der Waals surface area contributed by atoms with E-state index in [-0.39, 0.29) is 28.0 Å². The van der Waals surface area contributed by atoms with Gasteiger partial charge in [0.2, 0.25) is 0 Å². The number of nitrogens with one attached hydrogen (secondary N) is 1. The number of aromatic nitrogens is 2. The highest BCUT2D eigenvalue weighted by Gasteiger charge is 2.14. The molecule has 3 rings (SSSR count). The van der Waals surface area contributed by atoms with Gasteiger partial charge in [-0.05, 0) is 30.7 Å². The number of benzene rings is 2. The molecule has 0 saturated carbocycles. The van der Waals surface area contributed by atoms with Crippen molar-refractivity contribution in [1.29, 1.82) is 0 Å². The molecule has 0 bridgehead atoms. The van der Waals surface area contributed by atoms with Crippen LogP contribution in [0.25, 0.3) is 22.3 Å². The van der Waals surface area contributed by atoms with E-state index in [9.17, 15) is 19.7 Å². The molecule has 0 saturated heterocycles. The zero-order chi connectivity index (χ0) is 17.4. The van der Waals surface area contributed by atoms with E-state index in [1.54, 1.807) is 13.0 Å². The average Bonchev–Trinajstić information content (AvgIpc) is 2.54. The molecule has 0 unspecified atom stereocenters. The summed E-state index contributed by atoms with van der Waals surface area (Å²) in [5.41, 5.74) is 0.735. The lowest BCUT2D eigenvalue weighted by atomic mass is 10.1. The first-order chi connectivity index (χ1) is 11.4. The molecule has 0 aliphatic heterocycles. The number of rotatable bonds is 3. The van der Waals surface area contributed by atoms with Crippen molar-refractivity contribution in [2.75, 3.05) is 0 Å². The molecule has 0 atom stereocenters. The van der Waals surface area contributed by atoms with Crippen molar-refractivity contribution in [3.63, 3.8) is 0 Å². The third-order valence-electron chi connectivity index (χ3n) is 3.64. The van der Waals surface area contributed by atoms with Crippen LogP contribution in [0.3, 0.4) is 0 Å². The summed E-state index contributed by atoms with van der Waals surface area (Å²) in [5.74, 6) is -0.983. The lowest BCUT2D eigenvalue weighted by Gasteiger charge is -2.07. The summed E-state index contributed by atoms with van der Waals surface area (Å²) < 4.78 is 0. The number of carbonyl (C=O) groups is 1. The van der Waals surface area contributed by atoms with Crippen molar-refractivity contribution in [2.24, 2.45) is 0 Å². The minimum Gasteiger partial charge on any atom is -0.478 e. The number of hydrogen-bond acceptors (Lipinski definition) is 5. The molecule has 3 aromatic rings. The largest absolute Gasteiger partial charge is 0.478 e. The maximum absolute atomic E-state index is 12.2. The standard InChI is InChI=1S/C16H11N3O5/c1-8-2-4-10(19(23)24)7-12(8)14-17-13-6-9(16(21)22)3-5-11(13)15(20)18-14/h2-7H,1H3,(H,21,22)(H,17,18,20). The number of aromatic amines is 1. The third kappa shape index (κ3) is 2.60. The van der Waals surface area contributed by atoms with E-state index >= 15 is 0 Å². The number of nitrogens with zero attached hydrogens (tertiary/aromatic N) is 2. The van der Waals surface area contributed by atoms with E-state index in [0.717, 1.165) is 0 Å². The van der Waals surface area contributed by atoms with Gasteiger partial charge in [0.25, 0.3) is 11.2 Å². The maximum Gasteiger partial charge on any atom is 0.335 e. The molecular formula is C16H11N3O5. The van der Waals surface area contributed by atoms with E-state index in [2.05, 4.69) is 9.97 Å². The van der Waals surface area contributed by atoms with Gasteiger partial charge in [-0.1, -0.05) is 6.07 Å². The van der Waals surface area contributed by atoms with Crippen LogP contribution in [0.1, 0.15) is 15.9 Å². The van der Waals surface area contributed by atoms with Crippen molar-refractivity contribution in [2.45, 2.75) is 6.92 Å². The van der Waals surface area contributed by atoms with Gasteiger partial charge >= 0.3 is 5.97 Å². The van der Waals surface area contributed by atoms with Crippen LogP contribution in [0.2, 0.25) is 0 Å². The highest BCUT2D eigenvalue weighted by atomic mass is 16.6. The summed E-state index contributed by atoms with van der Waals surface area (Å²) in [7, 11) is 0. The fraction of sp³-hybridized carbons (Fsp3) is 0.0625. The Hall–Kier alpha value is -3.55. The zero-order valence-electron chi connectivity index (χ0n) is 12.4. The fourth-order valence-corrected chi connectivity index (χ4v) is 2.38. The topological polar surface area (TPSA) is 126 Å². The lowest BCUT2D eigenvalue weighted by molar-refractivity contribution is -0.384. The Bertz CT molecular complexity index is 1060. The number of non-ortho nitro benzene ring substituents is 1. The summed E-state index contributed by atoms with van der Waals surface area (Å²) in [6.45, 7) is 1.73. The molecule has 1 heterocycles. The minimum absolute atomic E-state index is 0.00214. The number of nitro benzene ring substituents is 1. The number of carboxylic acids is 1. The van der Waals surface area contributed by atoms with Gasteiger partial charge in [0.05, 0.1) is 21.4 Å². The summed E-state index contributed by atoms with van der Waals surface area (Å²) in [6.07, 6.45) is 0. The van der Waals surface area contributed by atoms with E-state index < -0.39 is 16.5 Å². The quantitative estimate of drug-likeness (QED) is 0.563. The normalized spacial score (nSPS) is 10.7. The fourth-order valence-electron chi connectivity index (χ4n) is 2.38. The molecule has 2 aromatic carbocycles. The van der Waals surface area contributed by atoms with Gasteiger partial charge in [-0.25, -0.2) is 9.78 Å². The second kappa shape index (κ2) is 5.58. The molecule has 2 N–H and O–H groups in total. The Morgan fingerprint density at radius 2 is 2.00 bits per heavy atom. The molecule has 0 amide bonds. The molecule has 0 spiro atoms. The van der Waals surface area contributed by atoms with Crippen molar-refractivity contribution >= 4 is 22.6 Å². The molecule has 1 aromatic heterocycles. The Kier molecular flexibility index (Phi) is 3.57. The lowest BCUT2D eigenvalue weighted by Crippen LogP contribution is -2.11. The van der Waals surface area contributed by atoms with E-state index in [1.165, 1.54) is 30.3 Å². The summed E-state index contributed by atoms with van der Waals surface area (Å²) in [6, 6.07) is 8.24. The molecule has 0 fully saturated rings. The van der Waals surface area contributed by atoms with Crippen molar-refractivity contribution in [3.8, 4) is 11.4 Å². The van der Waals surface area contributed by atoms with Gasteiger partial charge in [0.15, 0.2) is 0 Å². The van der Waals surface area contributed by atoms with Gasteiger partial charge < -0.3 is 10.1 Å². The molecule has 8 nitrogen and oxygen atoms in total. The maximum atomic E-state index is 12.2. The number of hydrogen-bond donors (Lipinski definition) is 2. The first kappa shape index (κ1) is 15.3. The van der Waals surface area contributed by atoms with Crippen LogP contribution in [-0.2, 0) is 0 Å². The number of aromatic carboxylic acids is 1. The monoisotopic (exact) mass is 325 g/mol. The first-order valence-electron chi connectivity index (χ1n) is 6.89. The van der Waals surface area contributed by atoms with Crippen LogP contribution < -0.4 is 5.56 Å². The number of aryl methyl sites for hydroxylation is 1. The van der Waals surface area contributed by atoms with Gasteiger partial charge in [-0.15, -0.1) is 0 Å².